The molecule has 0 amide bonds. The smallest absolute Gasteiger partial charge is 0.303 e. The largest absolute Gasteiger partial charge is 0.508 e. The van der Waals surface area contributed by atoms with Crippen molar-refractivity contribution in [2.24, 2.45) is 5.11 Å². The minimum Gasteiger partial charge on any atom is -0.508 e. The van der Waals surface area contributed by atoms with Gasteiger partial charge < -0.3 is 24.1 Å². The van der Waals surface area contributed by atoms with Crippen molar-refractivity contribution in [3.8, 4) is 5.75 Å². The van der Waals surface area contributed by atoms with Crippen molar-refractivity contribution in [1.29, 1.82) is 0 Å². The molecular weight excluding hydrogens is 418 g/mol. The van der Waals surface area contributed by atoms with Crippen molar-refractivity contribution in [3.63, 3.8) is 0 Å². The third kappa shape index (κ3) is 6.55. The predicted molar refractivity (Wildman–Crippen MR) is 103 cm³/mol. The number of hydrogen-bond donors (Lipinski definition) is 1. The van der Waals surface area contributed by atoms with E-state index in [1.807, 2.05) is 0 Å². The van der Waals surface area contributed by atoms with Gasteiger partial charge in [-0.2, -0.15) is 0 Å². The van der Waals surface area contributed by atoms with E-state index in [0.29, 0.717) is 4.90 Å². The monoisotopic (exact) mass is 439 g/mol. The summed E-state index contributed by atoms with van der Waals surface area (Å²) in [6, 6.07) is 5.12. The van der Waals surface area contributed by atoms with E-state index in [1.54, 1.807) is 12.1 Å². The number of phenols is 1. The van der Waals surface area contributed by atoms with Crippen molar-refractivity contribution in [2.45, 2.75) is 55.5 Å². The van der Waals surface area contributed by atoms with Crippen molar-refractivity contribution < 1.29 is 38.4 Å². The Morgan fingerprint density at radius 1 is 1.17 bits per heavy atom. The second kappa shape index (κ2) is 10.7. The first-order valence-corrected chi connectivity index (χ1v) is 9.72. The van der Waals surface area contributed by atoms with Crippen LogP contribution < -0.4 is 0 Å². The number of hydrogen-bond acceptors (Lipinski definition) is 10. The Bertz CT molecular complexity index is 844. The number of rotatable bonds is 7. The first-order chi connectivity index (χ1) is 14.2. The molecule has 1 saturated heterocycles. The highest BCUT2D eigenvalue weighted by atomic mass is 32.2. The van der Waals surface area contributed by atoms with Crippen LogP contribution in [0, 0.1) is 0 Å². The maximum Gasteiger partial charge on any atom is 0.303 e. The van der Waals surface area contributed by atoms with Crippen LogP contribution in [0.15, 0.2) is 34.3 Å². The highest BCUT2D eigenvalue weighted by Crippen LogP contribution is 2.38. The Balaban J connectivity index is 2.43. The van der Waals surface area contributed by atoms with Crippen LogP contribution in [-0.4, -0.2) is 59.4 Å². The van der Waals surface area contributed by atoms with Crippen molar-refractivity contribution in [2.75, 3.05) is 6.61 Å². The molecule has 0 aliphatic carbocycles. The normalized spacial score (nSPS) is 25.5. The van der Waals surface area contributed by atoms with E-state index in [0.717, 1.165) is 18.7 Å². The molecule has 30 heavy (non-hydrogen) atoms. The topological polar surface area (TPSA) is 157 Å². The van der Waals surface area contributed by atoms with Gasteiger partial charge in [-0.25, -0.2) is 0 Å². The Morgan fingerprint density at radius 3 is 2.40 bits per heavy atom. The van der Waals surface area contributed by atoms with Crippen LogP contribution >= 0.6 is 11.8 Å². The third-order valence-corrected chi connectivity index (χ3v) is 5.06. The summed E-state index contributed by atoms with van der Waals surface area (Å²) in [5.74, 6) is -1.92. The highest BCUT2D eigenvalue weighted by Gasteiger charge is 2.50. The van der Waals surface area contributed by atoms with Crippen LogP contribution in [0.2, 0.25) is 0 Å². The summed E-state index contributed by atoms with van der Waals surface area (Å²) in [4.78, 5) is 38.0. The van der Waals surface area contributed by atoms with Gasteiger partial charge in [-0.05, 0) is 23.7 Å². The number of esters is 3. The van der Waals surface area contributed by atoms with Crippen LogP contribution in [0.5, 0.6) is 5.75 Å². The Labute approximate surface area is 176 Å². The van der Waals surface area contributed by atoms with E-state index in [2.05, 4.69) is 10.0 Å². The fourth-order valence-corrected chi connectivity index (χ4v) is 4.02. The molecule has 11 nitrogen and oxygen atoms in total. The molecule has 1 aliphatic rings. The molecule has 0 saturated carbocycles. The maximum absolute atomic E-state index is 11.7. The first kappa shape index (κ1) is 23.3. The Morgan fingerprint density at radius 2 is 1.83 bits per heavy atom. The molecule has 1 aromatic carbocycles. The molecule has 162 valence electrons. The van der Waals surface area contributed by atoms with Crippen LogP contribution in [0.25, 0.3) is 10.4 Å². The molecule has 0 spiro atoms. The van der Waals surface area contributed by atoms with E-state index in [4.69, 9.17) is 24.5 Å². The van der Waals surface area contributed by atoms with Crippen LogP contribution in [0.4, 0.5) is 0 Å². The van der Waals surface area contributed by atoms with Crippen LogP contribution in [-0.2, 0) is 33.3 Å². The zero-order valence-electron chi connectivity index (χ0n) is 16.5. The molecule has 1 heterocycles. The molecule has 1 aliphatic heterocycles. The van der Waals surface area contributed by atoms with Gasteiger partial charge in [0.1, 0.15) is 42.1 Å². The summed E-state index contributed by atoms with van der Waals surface area (Å²) < 4.78 is 21.6. The van der Waals surface area contributed by atoms with Gasteiger partial charge in [-0.3, -0.25) is 14.4 Å². The summed E-state index contributed by atoms with van der Waals surface area (Å²) in [6.45, 7) is 3.25. The first-order valence-electron chi connectivity index (χ1n) is 8.84. The maximum atomic E-state index is 11.7. The highest BCUT2D eigenvalue weighted by molar-refractivity contribution is 7.99. The lowest BCUT2D eigenvalue weighted by molar-refractivity contribution is -0.201. The molecule has 0 aromatic heterocycles. The van der Waals surface area contributed by atoms with Crippen molar-refractivity contribution in [1.82, 2.24) is 0 Å². The number of carbonyl (C=O) groups is 3. The number of azide groups is 1. The summed E-state index contributed by atoms with van der Waals surface area (Å²) in [5.41, 5.74) is 8.13. The summed E-state index contributed by atoms with van der Waals surface area (Å²) in [7, 11) is 0. The Hall–Kier alpha value is -2.95. The van der Waals surface area contributed by atoms with Gasteiger partial charge >= 0.3 is 17.9 Å². The van der Waals surface area contributed by atoms with Crippen LogP contribution in [0.3, 0.4) is 0 Å². The Kier molecular flexibility index (Phi) is 8.34. The lowest BCUT2D eigenvalue weighted by atomic mass is 9.97. The molecule has 12 heteroatoms. The van der Waals surface area contributed by atoms with Gasteiger partial charge in [0, 0.05) is 30.6 Å². The average molecular weight is 439 g/mol. The zero-order valence-corrected chi connectivity index (χ0v) is 17.3. The fraction of sp³-hybridized carbons (Fsp3) is 0.500. The quantitative estimate of drug-likeness (QED) is 0.221. The van der Waals surface area contributed by atoms with E-state index >= 15 is 0 Å². The number of carbonyl (C=O) groups excluding carboxylic acids is 3. The zero-order chi connectivity index (χ0) is 22.3. The minimum atomic E-state index is -1.16. The summed E-state index contributed by atoms with van der Waals surface area (Å²) in [6.07, 6.45) is -3.28. The number of aromatic hydroxyl groups is 1. The fourth-order valence-electron chi connectivity index (χ4n) is 2.86. The van der Waals surface area contributed by atoms with Gasteiger partial charge in [-0.15, -0.1) is 0 Å². The lowest BCUT2D eigenvalue weighted by Crippen LogP contribution is -2.59. The summed E-state index contributed by atoms with van der Waals surface area (Å²) in [5, 5.41) is 13.4. The van der Waals surface area contributed by atoms with Gasteiger partial charge in [0.15, 0.2) is 0 Å². The third-order valence-electron chi connectivity index (χ3n) is 3.93. The lowest BCUT2D eigenvalue weighted by Gasteiger charge is -2.43. The van der Waals surface area contributed by atoms with E-state index < -0.39 is 47.7 Å². The molecular formula is C18H21N3O8S. The average Bonchev–Trinajstić information content (AvgIpc) is 2.64. The van der Waals surface area contributed by atoms with E-state index in [-0.39, 0.29) is 12.4 Å². The molecule has 0 bridgehead atoms. The van der Waals surface area contributed by atoms with Crippen molar-refractivity contribution >= 4 is 29.7 Å². The molecule has 2 rings (SSSR count). The van der Waals surface area contributed by atoms with Gasteiger partial charge in [0.25, 0.3) is 0 Å². The van der Waals surface area contributed by atoms with Gasteiger partial charge in [-0.1, -0.05) is 22.9 Å². The van der Waals surface area contributed by atoms with Crippen LogP contribution in [0.1, 0.15) is 20.8 Å². The van der Waals surface area contributed by atoms with Crippen molar-refractivity contribution in [3.05, 3.63) is 34.7 Å². The summed E-state index contributed by atoms with van der Waals surface area (Å²) >= 11 is 1.09. The number of ether oxygens (including phenoxy) is 4. The standard InChI is InChI=1S/C18H21N3O8S/c1-9(22)26-8-14-16(27-10(2)23)15(20-21-19)17(28-11(3)24)18(29-14)30-13-6-4-5-12(25)7-13/h4-7,14-18,25H,8H2,1-3H3/t14?,15-,16-,17?,18+/m0/s1. The molecule has 1 aromatic rings. The van der Waals surface area contributed by atoms with E-state index in [1.165, 1.54) is 26.0 Å². The molecule has 1 fully saturated rings. The molecule has 1 N–H and O–H groups in total. The molecule has 2 unspecified atom stereocenters. The van der Waals surface area contributed by atoms with Gasteiger partial charge in [0.2, 0.25) is 0 Å². The van der Waals surface area contributed by atoms with Gasteiger partial charge in [0.05, 0.1) is 0 Å². The second-order valence-corrected chi connectivity index (χ2v) is 7.48. The predicted octanol–water partition coefficient (Wildman–Crippen LogP) is 2.31. The SMILES string of the molecule is CC(=O)OCC1O[C@H](Sc2cccc(O)c2)C(OC(C)=O)[C@@H](N=[N+]=[N-])[C@H]1OC(C)=O. The van der Waals surface area contributed by atoms with E-state index in [9.17, 15) is 19.5 Å². The molecule has 5 atom stereocenters. The second-order valence-electron chi connectivity index (χ2n) is 6.30. The number of benzene rings is 1. The minimum absolute atomic E-state index is 0.0145. The molecule has 0 radical (unpaired) electrons. The number of nitrogens with zero attached hydrogens (tertiary/aromatic N) is 3. The number of thioether (sulfide) groups is 1. The number of phenolic OH excluding ortho intramolecular Hbond substituents is 1.